The van der Waals surface area contributed by atoms with Crippen LogP contribution in [0.1, 0.15) is 20.3 Å². The molecule has 4 heteroatoms. The molecule has 0 fully saturated rings. The summed E-state index contributed by atoms with van der Waals surface area (Å²) in [6, 6.07) is 0. The van der Waals surface area contributed by atoms with Crippen LogP contribution in [-0.4, -0.2) is 11.0 Å². The molecule has 0 aromatic heterocycles. The first-order valence-electron chi connectivity index (χ1n) is 3.10. The molecule has 0 saturated heterocycles. The molecule has 0 aromatic rings. The van der Waals surface area contributed by atoms with Gasteiger partial charge in [0.1, 0.15) is 0 Å². The number of rotatable bonds is 2. The molecule has 0 atom stereocenters. The van der Waals surface area contributed by atoms with Crippen LogP contribution in [-0.2, 0) is 4.79 Å². The first-order valence-corrected chi connectivity index (χ1v) is 3.10. The van der Waals surface area contributed by atoms with Crippen LogP contribution in [0.3, 0.4) is 0 Å². The van der Waals surface area contributed by atoms with E-state index in [2.05, 4.69) is 0 Å². The van der Waals surface area contributed by atoms with Crippen molar-refractivity contribution in [3.63, 3.8) is 0 Å². The molecule has 1 amide bonds. The fourth-order valence-corrected chi connectivity index (χ4v) is 0.597. The minimum atomic E-state index is -0.346. The first-order chi connectivity index (χ1) is 4.59. The molecule has 10 heavy (non-hydrogen) atoms. The third-order valence-corrected chi connectivity index (χ3v) is 1.08. The van der Waals surface area contributed by atoms with Gasteiger partial charge in [-0.05, 0) is 13.3 Å². The van der Waals surface area contributed by atoms with Crippen molar-refractivity contribution >= 4 is 5.91 Å². The SMILES string of the molecule is CCC=C(C)C(=O)N(N)N. The molecule has 0 spiro atoms. The first kappa shape index (κ1) is 9.13. The fourth-order valence-electron chi connectivity index (χ4n) is 0.597. The van der Waals surface area contributed by atoms with Gasteiger partial charge in [0.05, 0.1) is 0 Å². The maximum absolute atomic E-state index is 10.8. The number of carbonyl (C=O) groups is 1. The molecule has 58 valence electrons. The molecule has 0 unspecified atom stereocenters. The minimum absolute atomic E-state index is 0.346. The van der Waals surface area contributed by atoms with Crippen LogP contribution in [0.5, 0.6) is 0 Å². The summed E-state index contributed by atoms with van der Waals surface area (Å²) in [5, 5.41) is 0.585. The van der Waals surface area contributed by atoms with Gasteiger partial charge in [-0.15, -0.1) is 0 Å². The van der Waals surface area contributed by atoms with Crippen LogP contribution >= 0.6 is 0 Å². The molecule has 0 aromatic carbocycles. The van der Waals surface area contributed by atoms with Crippen LogP contribution in [0.15, 0.2) is 11.6 Å². The number of hydrazine groups is 2. The molecule has 0 heterocycles. The van der Waals surface area contributed by atoms with E-state index in [0.29, 0.717) is 10.7 Å². The Morgan fingerprint density at radius 1 is 1.60 bits per heavy atom. The van der Waals surface area contributed by atoms with Gasteiger partial charge in [0.15, 0.2) is 0 Å². The Hall–Kier alpha value is -0.870. The average Bonchev–Trinajstić information content (AvgIpc) is 1.87. The van der Waals surface area contributed by atoms with Crippen molar-refractivity contribution in [2.24, 2.45) is 11.7 Å². The summed E-state index contributed by atoms with van der Waals surface area (Å²) in [6.45, 7) is 3.62. The molecule has 0 aliphatic rings. The molecule has 0 saturated carbocycles. The molecule has 0 aliphatic carbocycles. The Morgan fingerprint density at radius 3 is 2.40 bits per heavy atom. The van der Waals surface area contributed by atoms with E-state index in [0.717, 1.165) is 6.42 Å². The van der Waals surface area contributed by atoms with Crippen molar-refractivity contribution in [2.75, 3.05) is 0 Å². The summed E-state index contributed by atoms with van der Waals surface area (Å²) in [5.74, 6) is 9.63. The number of allylic oxidation sites excluding steroid dienone is 1. The molecule has 0 bridgehead atoms. The van der Waals surface area contributed by atoms with Gasteiger partial charge >= 0.3 is 0 Å². The van der Waals surface area contributed by atoms with Gasteiger partial charge in [0, 0.05) is 5.57 Å². The van der Waals surface area contributed by atoms with Crippen molar-refractivity contribution in [1.82, 2.24) is 5.12 Å². The van der Waals surface area contributed by atoms with Crippen molar-refractivity contribution < 1.29 is 4.79 Å². The van der Waals surface area contributed by atoms with E-state index >= 15 is 0 Å². The minimum Gasteiger partial charge on any atom is -0.267 e. The summed E-state index contributed by atoms with van der Waals surface area (Å²) < 4.78 is 0. The lowest BCUT2D eigenvalue weighted by molar-refractivity contribution is -0.127. The summed E-state index contributed by atoms with van der Waals surface area (Å²) in [7, 11) is 0. The van der Waals surface area contributed by atoms with Crippen molar-refractivity contribution in [1.29, 1.82) is 0 Å². The lowest BCUT2D eigenvalue weighted by Gasteiger charge is -2.08. The quantitative estimate of drug-likeness (QED) is 0.246. The second-order valence-electron chi connectivity index (χ2n) is 2.01. The van der Waals surface area contributed by atoms with Gasteiger partial charge in [0.25, 0.3) is 5.91 Å². The van der Waals surface area contributed by atoms with E-state index in [1.807, 2.05) is 6.92 Å². The standard InChI is InChI=1S/C6H13N3O/c1-3-4-5(2)6(10)9(7)8/h4H,3,7-8H2,1-2H3. The zero-order valence-corrected chi connectivity index (χ0v) is 6.29. The highest BCUT2D eigenvalue weighted by atomic mass is 16.2. The second kappa shape index (κ2) is 4.03. The van der Waals surface area contributed by atoms with E-state index in [9.17, 15) is 4.79 Å². The molecule has 0 aliphatic heterocycles. The molecule has 4 nitrogen and oxygen atoms in total. The highest BCUT2D eigenvalue weighted by Gasteiger charge is 2.05. The smallest absolute Gasteiger partial charge is 0.267 e. The normalized spacial score (nSPS) is 11.4. The van der Waals surface area contributed by atoms with Crippen LogP contribution in [0.25, 0.3) is 0 Å². The van der Waals surface area contributed by atoms with E-state index in [1.54, 1.807) is 13.0 Å². The van der Waals surface area contributed by atoms with Crippen molar-refractivity contribution in [3.05, 3.63) is 11.6 Å². The zero-order chi connectivity index (χ0) is 8.15. The lowest BCUT2D eigenvalue weighted by Crippen LogP contribution is -2.43. The number of carbonyl (C=O) groups excluding carboxylic acids is 1. The van der Waals surface area contributed by atoms with Crippen molar-refractivity contribution in [3.8, 4) is 0 Å². The Bertz CT molecular complexity index is 151. The Labute approximate surface area is 60.4 Å². The maximum atomic E-state index is 10.8. The predicted molar refractivity (Wildman–Crippen MR) is 39.3 cm³/mol. The lowest BCUT2D eigenvalue weighted by atomic mass is 10.2. The summed E-state index contributed by atoms with van der Waals surface area (Å²) in [5.41, 5.74) is 0.576. The highest BCUT2D eigenvalue weighted by molar-refractivity contribution is 5.91. The largest absolute Gasteiger partial charge is 0.277 e. The zero-order valence-electron chi connectivity index (χ0n) is 6.29. The van der Waals surface area contributed by atoms with Gasteiger partial charge in [0.2, 0.25) is 0 Å². The maximum Gasteiger partial charge on any atom is 0.277 e. The molecule has 0 rings (SSSR count). The van der Waals surface area contributed by atoms with Gasteiger partial charge in [-0.1, -0.05) is 13.0 Å². The predicted octanol–water partition coefficient (Wildman–Crippen LogP) is -0.0813. The van der Waals surface area contributed by atoms with Crippen LogP contribution in [0, 0.1) is 0 Å². The molecular weight excluding hydrogens is 130 g/mol. The third-order valence-electron chi connectivity index (χ3n) is 1.08. The van der Waals surface area contributed by atoms with E-state index in [1.165, 1.54) is 0 Å². The van der Waals surface area contributed by atoms with Gasteiger partial charge in [-0.25, -0.2) is 16.8 Å². The second-order valence-corrected chi connectivity index (χ2v) is 2.01. The Balaban J connectivity index is 4.08. The van der Waals surface area contributed by atoms with Crippen LogP contribution in [0.4, 0.5) is 0 Å². The van der Waals surface area contributed by atoms with Crippen LogP contribution < -0.4 is 11.7 Å². The van der Waals surface area contributed by atoms with Crippen molar-refractivity contribution in [2.45, 2.75) is 20.3 Å². The Kier molecular flexibility index (Phi) is 3.68. The third kappa shape index (κ3) is 2.61. The number of amides is 1. The van der Waals surface area contributed by atoms with E-state index in [-0.39, 0.29) is 5.91 Å². The van der Waals surface area contributed by atoms with Gasteiger partial charge in [-0.2, -0.15) is 0 Å². The summed E-state index contributed by atoms with van der Waals surface area (Å²) in [6.07, 6.45) is 2.58. The molecule has 0 radical (unpaired) electrons. The number of nitrogens with two attached hydrogens (primary N) is 2. The fraction of sp³-hybridized carbons (Fsp3) is 0.500. The monoisotopic (exact) mass is 143 g/mol. The van der Waals surface area contributed by atoms with E-state index < -0.39 is 0 Å². The Morgan fingerprint density at radius 2 is 2.10 bits per heavy atom. The number of hydrogen-bond donors (Lipinski definition) is 2. The molecule has 4 N–H and O–H groups in total. The summed E-state index contributed by atoms with van der Waals surface area (Å²) >= 11 is 0. The topological polar surface area (TPSA) is 72.3 Å². The average molecular weight is 143 g/mol. The molecular formula is C6H13N3O. The van der Waals surface area contributed by atoms with Gasteiger partial charge in [-0.3, -0.25) is 4.79 Å². The summed E-state index contributed by atoms with van der Waals surface area (Å²) in [4.78, 5) is 10.8. The highest BCUT2D eigenvalue weighted by Crippen LogP contribution is 1.95. The van der Waals surface area contributed by atoms with E-state index in [4.69, 9.17) is 11.7 Å². The van der Waals surface area contributed by atoms with Gasteiger partial charge < -0.3 is 0 Å². The van der Waals surface area contributed by atoms with Crippen LogP contribution in [0.2, 0.25) is 0 Å². The number of hydrogen-bond acceptors (Lipinski definition) is 3. The number of nitrogens with zero attached hydrogens (tertiary/aromatic N) is 1.